The quantitative estimate of drug-likeness (QED) is 0.0245. The summed E-state index contributed by atoms with van der Waals surface area (Å²) >= 11 is 21.0. The highest BCUT2D eigenvalue weighted by Gasteiger charge is 2.53. The van der Waals surface area contributed by atoms with Crippen LogP contribution in [0.1, 0.15) is 150 Å². The number of carbonyl (C=O) groups is 8. The third-order valence-corrected chi connectivity index (χ3v) is 25.5. The first-order chi connectivity index (χ1) is 61.9. The molecule has 8 heterocycles. The van der Waals surface area contributed by atoms with Crippen LogP contribution in [0.3, 0.4) is 0 Å². The number of benzene rings is 7. The summed E-state index contributed by atoms with van der Waals surface area (Å²) < 4.78 is 59.6. The van der Waals surface area contributed by atoms with Gasteiger partial charge in [0.25, 0.3) is 0 Å². The maximum Gasteiger partial charge on any atom is 0.333 e. The van der Waals surface area contributed by atoms with Gasteiger partial charge < -0.3 is 136 Å². The van der Waals surface area contributed by atoms with E-state index >= 15 is 28.8 Å². The number of ether oxygens (including phenoxy) is 9. The number of nitrogens with two attached hydrogens (primary N) is 2. The number of halogens is 3. The molecule has 23 unspecified atom stereocenters. The molecule has 35 nitrogen and oxygen atoms in total. The number of nitrogens with zero attached hydrogens (tertiary/aromatic N) is 1. The van der Waals surface area contributed by atoms with Crippen LogP contribution >= 0.6 is 34.8 Å². The lowest BCUT2D eigenvalue weighted by Gasteiger charge is -2.48. The molecule has 15 rings (SSSR count). The molecule has 0 radical (unpaired) electrons. The fraction of sp³-hybridized carbons (Fsp3) is 0.462. The number of quaternary nitrogens is 1. The van der Waals surface area contributed by atoms with Crippen molar-refractivity contribution in [2.45, 2.75) is 220 Å². The molecule has 0 spiro atoms. The van der Waals surface area contributed by atoms with E-state index in [0.29, 0.717) is 5.02 Å². The number of hydrogen-bond acceptors (Lipinski definition) is 29. The van der Waals surface area contributed by atoms with Crippen LogP contribution in [0.4, 0.5) is 0 Å². The Labute approximate surface area is 769 Å². The third-order valence-electron chi connectivity index (χ3n) is 24.6. The van der Waals surface area contributed by atoms with Crippen molar-refractivity contribution in [3.05, 3.63) is 176 Å². The average molecular weight is 1880 g/mol. The second kappa shape index (κ2) is 40.7. The van der Waals surface area contributed by atoms with Crippen molar-refractivity contribution in [3.63, 3.8) is 0 Å². The highest BCUT2D eigenvalue weighted by atomic mass is 35.5. The number of likely N-dealkylation sites (N-methyl/N-ethyl adjacent to an activating group) is 1. The number of aromatic hydroxyl groups is 3. The molecular weight excluding hydrogens is 1770 g/mol. The Hall–Kier alpha value is -10.2. The van der Waals surface area contributed by atoms with Gasteiger partial charge in [-0.05, 0) is 153 Å². The van der Waals surface area contributed by atoms with Crippen LogP contribution in [0, 0.1) is 11.8 Å². The highest BCUT2D eigenvalue weighted by Crippen LogP contribution is 2.51. The Kier molecular flexibility index (Phi) is 30.5. The van der Waals surface area contributed by atoms with Crippen LogP contribution in [0.15, 0.2) is 127 Å². The molecule has 11 bridgehead atoms. The number of primary amides is 1. The van der Waals surface area contributed by atoms with Crippen molar-refractivity contribution in [3.8, 4) is 68.2 Å². The zero-order valence-electron chi connectivity index (χ0n) is 73.2. The highest BCUT2D eigenvalue weighted by molar-refractivity contribution is 6.32. The molecule has 131 heavy (non-hydrogen) atoms. The summed E-state index contributed by atoms with van der Waals surface area (Å²) in [6.45, 7) is 8.52. The zero-order chi connectivity index (χ0) is 94.9. The van der Waals surface area contributed by atoms with Gasteiger partial charge in [0.2, 0.25) is 41.6 Å². The molecule has 8 aliphatic rings. The van der Waals surface area contributed by atoms with Crippen molar-refractivity contribution in [2.24, 2.45) is 23.3 Å². The first kappa shape index (κ1) is 98.3. The van der Waals surface area contributed by atoms with Gasteiger partial charge in [0.1, 0.15) is 90.5 Å². The van der Waals surface area contributed by atoms with Gasteiger partial charge in [-0.15, -0.1) is 0 Å². The minimum Gasteiger partial charge on any atom is -0.508 e. The largest absolute Gasteiger partial charge is 0.508 e. The van der Waals surface area contributed by atoms with Crippen molar-refractivity contribution in [1.82, 2.24) is 26.6 Å². The fourth-order valence-electron chi connectivity index (χ4n) is 17.2. The van der Waals surface area contributed by atoms with E-state index in [4.69, 9.17) is 88.9 Å². The summed E-state index contributed by atoms with van der Waals surface area (Å²) in [6.07, 6.45) is -26.0. The van der Waals surface area contributed by atoms with E-state index in [0.717, 1.165) is 47.0 Å². The van der Waals surface area contributed by atoms with Gasteiger partial charge in [0.05, 0.1) is 80.2 Å². The number of rotatable bonds is 22. The van der Waals surface area contributed by atoms with Gasteiger partial charge in [0, 0.05) is 83.4 Å². The number of phenolic OH excluding ortho intramolecular Hbond substituents is 3. The van der Waals surface area contributed by atoms with Crippen LogP contribution in [0.25, 0.3) is 22.3 Å². The van der Waals surface area contributed by atoms with E-state index in [-0.39, 0.29) is 88.6 Å². The van der Waals surface area contributed by atoms with Crippen LogP contribution in [0.2, 0.25) is 15.1 Å². The van der Waals surface area contributed by atoms with Gasteiger partial charge in [-0.3, -0.25) is 33.6 Å². The SMILES string of the molecule is CCC(CC(C)O)C(=O)NC1C(=O)CC(CC(N)=O)C(=O)NC2C(=O)CC3C(=O)NC(C(=O)NC(C(=O)OCC[N+](C)(C)C)c4cc(O)cc(O)c4-c4cc3ccc4O)C(OC3CC(C)(N)C(O)C(C)O3)c3ccc(c(Cl)c3)Oc3cc2cc(c3OC2OC(CO)C(O)C(O)C2OC2CC(C)(NCc3ccc(-c4ccc(Cl)cc4)cc3)C(O)C(C)O2)Oc2ccc(cc2Cl)C1O. The van der Waals surface area contributed by atoms with E-state index in [1.54, 1.807) is 32.9 Å². The smallest absolute Gasteiger partial charge is 0.333 e. The number of esters is 1. The number of carbonyl (C=O) groups excluding carboxylic acids is 8. The number of aliphatic hydroxyl groups excluding tert-OH is 7. The number of hydrogen-bond donors (Lipinski definition) is 17. The molecule has 3 fully saturated rings. The topological polar surface area (TPSA) is 534 Å². The van der Waals surface area contributed by atoms with Crippen LogP contribution < -0.4 is 52.3 Å². The van der Waals surface area contributed by atoms with E-state index in [2.05, 4.69) is 26.6 Å². The van der Waals surface area contributed by atoms with Crippen LogP contribution in [-0.2, 0) is 73.3 Å². The Morgan fingerprint density at radius 1 is 0.672 bits per heavy atom. The maximum atomic E-state index is 16.8. The van der Waals surface area contributed by atoms with Crippen molar-refractivity contribution < 1.29 is 137 Å². The summed E-state index contributed by atoms with van der Waals surface area (Å²) in [6, 6.07) is 21.5. The molecule has 8 aliphatic heterocycles. The van der Waals surface area contributed by atoms with Crippen LogP contribution in [-0.4, -0.2) is 240 Å². The summed E-state index contributed by atoms with van der Waals surface area (Å²) in [7, 11) is 5.43. The lowest BCUT2D eigenvalue weighted by molar-refractivity contribution is -0.870. The van der Waals surface area contributed by atoms with Gasteiger partial charge in [-0.2, -0.15) is 0 Å². The molecule has 7 aromatic carbocycles. The van der Waals surface area contributed by atoms with E-state index < -0.39 is 268 Å². The number of aliphatic hydroxyl groups is 7. The second-order valence-corrected chi connectivity index (χ2v) is 37.1. The first-order valence-corrected chi connectivity index (χ1v) is 44.1. The molecule has 7 aromatic rings. The monoisotopic (exact) mass is 1880 g/mol. The number of Topliss-reactive ketones (excluding diaryl/α,β-unsaturated/α-hetero) is 2. The fourth-order valence-corrected chi connectivity index (χ4v) is 17.8. The molecule has 19 N–H and O–H groups in total. The van der Waals surface area contributed by atoms with Gasteiger partial charge in [-0.1, -0.05) is 96.3 Å². The van der Waals surface area contributed by atoms with Gasteiger partial charge >= 0.3 is 5.97 Å². The Bertz CT molecular complexity index is 5420. The normalized spacial score (nSPS) is 29.4. The van der Waals surface area contributed by atoms with Gasteiger partial charge in [0.15, 0.2) is 47.8 Å². The molecule has 0 saturated carbocycles. The average Bonchev–Trinajstić information content (AvgIpc) is 0.762. The standard InChI is InChI=1S/C93H109Cl3N8O27/c1-10-46(27-42(2)106)86(118)102-76-63(110)31-53(34-70(97)112)87(119)100-74-52-32-67(126-65-23-18-50(78(76)113)29-59(65)95)82(131-91-83(80(115)79(114)69(41-105)128-91)130-72-39-93(6,85(117)44(4)125-72)99-40-45-11-13-47(14-12-45)48-15-20-54(94)21-16-48)68(33-52)127-66-24-19-51(30-60(66)96)81(129-71-38-92(5,98)84(116)43(3)124-71)77-89(121)101-75(90(122)123-26-25-104(7,8)9)58-35-55(107)36-62(109)73(58)57-28-49(17-22-61(57)108)56(37-64(74)111)88(120)103-77/h11-24,28-30,32-33,35-36,42-44,46,53,56,69,71-72,74-81,83-85,91,99,105-106,113-117H,10,25-27,31,34,37-41,98H2,1-9H3,(H8-,97,100,101,102,103,107,108,109,112,118,119,120,121)/p+1. The molecule has 0 aromatic heterocycles. The van der Waals surface area contributed by atoms with Crippen molar-refractivity contribution in [1.29, 1.82) is 0 Å². The molecule has 3 saturated heterocycles. The van der Waals surface area contributed by atoms with Crippen molar-refractivity contribution >= 4 is 81.9 Å². The zero-order valence-corrected chi connectivity index (χ0v) is 75.4. The predicted molar refractivity (Wildman–Crippen MR) is 472 cm³/mol. The number of nitrogens with one attached hydrogen (secondary N) is 5. The first-order valence-electron chi connectivity index (χ1n) is 42.9. The van der Waals surface area contributed by atoms with E-state index in [9.17, 15) is 60.7 Å². The van der Waals surface area contributed by atoms with E-state index in [1.807, 2.05) is 57.5 Å². The summed E-state index contributed by atoms with van der Waals surface area (Å²) in [4.78, 5) is 124. The lowest BCUT2D eigenvalue weighted by Crippen LogP contribution is -2.65. The van der Waals surface area contributed by atoms with Crippen LogP contribution in [0.5, 0.6) is 46.0 Å². The summed E-state index contributed by atoms with van der Waals surface area (Å²) in [5.74, 6) is -18.8. The Morgan fingerprint density at radius 2 is 1.29 bits per heavy atom. The minimum absolute atomic E-state index is 0.104. The Balaban J connectivity index is 1.02. The molecule has 0 aliphatic carbocycles. The molecule has 5 amide bonds. The van der Waals surface area contributed by atoms with E-state index in [1.165, 1.54) is 69.3 Å². The summed E-state index contributed by atoms with van der Waals surface area (Å²) in [5.41, 5.74) is 10.5. The number of ketones is 2. The Morgan fingerprint density at radius 3 is 1.90 bits per heavy atom. The lowest BCUT2D eigenvalue weighted by atomic mass is 9.84. The predicted octanol–water partition coefficient (Wildman–Crippen LogP) is 6.80. The number of amides is 5. The molecule has 23 atom stereocenters. The minimum atomic E-state index is -2.26. The molecule has 704 valence electrons. The molecule has 38 heteroatoms. The summed E-state index contributed by atoms with van der Waals surface area (Å²) in [5, 5.41) is 132. The maximum absolute atomic E-state index is 16.8. The number of fused-ring (bicyclic) bond motifs is 15. The van der Waals surface area contributed by atoms with Crippen molar-refractivity contribution in [2.75, 3.05) is 40.9 Å². The molecular formula is C93H110Cl3N8O27+. The van der Waals surface area contributed by atoms with Gasteiger partial charge in [-0.25, -0.2) is 4.79 Å². The third kappa shape index (κ3) is 22.5. The number of phenols is 3. The second-order valence-electron chi connectivity index (χ2n) is 35.9.